The minimum atomic E-state index is -0.379. The highest BCUT2D eigenvalue weighted by Crippen LogP contribution is 2.36. The number of fused-ring (bicyclic) bond motifs is 1. The number of nitrogens with one attached hydrogen (secondary N) is 1. The molecule has 1 aromatic rings. The fourth-order valence-electron chi connectivity index (χ4n) is 2.76. The van der Waals surface area contributed by atoms with Crippen LogP contribution in [0.25, 0.3) is 0 Å². The Labute approximate surface area is 115 Å². The first-order valence-electron chi connectivity index (χ1n) is 7.45. The molecule has 1 fully saturated rings. The topological polar surface area (TPSA) is 41.5 Å². The lowest BCUT2D eigenvalue weighted by Crippen LogP contribution is -2.29. The second-order valence-electron chi connectivity index (χ2n) is 5.82. The highest BCUT2D eigenvalue weighted by molar-refractivity contribution is 5.36. The molecule has 3 heteroatoms. The molecule has 1 aliphatic heterocycles. The van der Waals surface area contributed by atoms with E-state index in [0.29, 0.717) is 6.61 Å². The van der Waals surface area contributed by atoms with Gasteiger partial charge in [-0.2, -0.15) is 0 Å². The highest BCUT2D eigenvalue weighted by atomic mass is 16.5. The SMILES string of the molecule is OC1c2ccccc2OCC1CCNCCC1CC1. The van der Waals surface area contributed by atoms with Gasteiger partial charge < -0.3 is 15.2 Å². The van der Waals surface area contributed by atoms with Gasteiger partial charge in [-0.3, -0.25) is 0 Å². The van der Waals surface area contributed by atoms with Crippen LogP contribution in [-0.4, -0.2) is 24.8 Å². The van der Waals surface area contributed by atoms with Crippen molar-refractivity contribution >= 4 is 0 Å². The van der Waals surface area contributed by atoms with Crippen molar-refractivity contribution in [3.63, 3.8) is 0 Å². The first kappa shape index (κ1) is 12.9. The molecule has 19 heavy (non-hydrogen) atoms. The third kappa shape index (κ3) is 3.28. The normalized spacial score (nSPS) is 25.7. The Morgan fingerprint density at radius 1 is 1.16 bits per heavy atom. The van der Waals surface area contributed by atoms with Crippen LogP contribution in [-0.2, 0) is 0 Å². The molecule has 1 aromatic carbocycles. The Balaban J connectivity index is 1.44. The summed E-state index contributed by atoms with van der Waals surface area (Å²) in [5.74, 6) is 2.04. The van der Waals surface area contributed by atoms with Gasteiger partial charge in [0.2, 0.25) is 0 Å². The predicted molar refractivity (Wildman–Crippen MR) is 75.2 cm³/mol. The van der Waals surface area contributed by atoms with Crippen molar-refractivity contribution in [2.45, 2.75) is 31.8 Å². The lowest BCUT2D eigenvalue weighted by molar-refractivity contribution is 0.0462. The van der Waals surface area contributed by atoms with Gasteiger partial charge in [-0.1, -0.05) is 31.0 Å². The maximum atomic E-state index is 10.4. The molecule has 0 bridgehead atoms. The number of rotatable bonds is 6. The number of aliphatic hydroxyl groups excluding tert-OH is 1. The van der Waals surface area contributed by atoms with Gasteiger partial charge in [0.15, 0.2) is 0 Å². The summed E-state index contributed by atoms with van der Waals surface area (Å²) in [5, 5.41) is 13.8. The summed E-state index contributed by atoms with van der Waals surface area (Å²) in [6.45, 7) is 2.72. The molecule has 1 saturated carbocycles. The van der Waals surface area contributed by atoms with Crippen molar-refractivity contribution in [2.24, 2.45) is 11.8 Å². The monoisotopic (exact) mass is 261 g/mol. The maximum absolute atomic E-state index is 10.4. The average Bonchev–Trinajstić information content (AvgIpc) is 3.25. The first-order chi connectivity index (χ1) is 9.34. The third-order valence-corrected chi connectivity index (χ3v) is 4.26. The molecule has 0 saturated heterocycles. The number of hydrogen-bond donors (Lipinski definition) is 2. The smallest absolute Gasteiger partial charge is 0.125 e. The Morgan fingerprint density at radius 3 is 2.79 bits per heavy atom. The molecule has 2 atom stereocenters. The second-order valence-corrected chi connectivity index (χ2v) is 5.82. The molecule has 2 unspecified atom stereocenters. The van der Waals surface area contributed by atoms with Gasteiger partial charge in [-0.25, -0.2) is 0 Å². The maximum Gasteiger partial charge on any atom is 0.125 e. The van der Waals surface area contributed by atoms with E-state index in [1.165, 1.54) is 19.3 Å². The van der Waals surface area contributed by atoms with Gasteiger partial charge in [-0.05, 0) is 37.9 Å². The van der Waals surface area contributed by atoms with Crippen LogP contribution < -0.4 is 10.1 Å². The lowest BCUT2D eigenvalue weighted by atomic mass is 9.91. The molecule has 2 aliphatic rings. The van der Waals surface area contributed by atoms with Crippen LogP contribution in [0.15, 0.2) is 24.3 Å². The van der Waals surface area contributed by atoms with E-state index in [2.05, 4.69) is 5.32 Å². The number of benzene rings is 1. The molecule has 0 radical (unpaired) electrons. The van der Waals surface area contributed by atoms with Crippen LogP contribution in [0.4, 0.5) is 0 Å². The van der Waals surface area contributed by atoms with E-state index in [1.54, 1.807) is 0 Å². The number of ether oxygens (including phenoxy) is 1. The molecule has 3 nitrogen and oxygen atoms in total. The van der Waals surface area contributed by atoms with Crippen LogP contribution in [0.1, 0.15) is 37.4 Å². The summed E-state index contributed by atoms with van der Waals surface area (Å²) in [6, 6.07) is 7.81. The van der Waals surface area contributed by atoms with Crippen LogP contribution in [0.5, 0.6) is 5.75 Å². The minimum Gasteiger partial charge on any atom is -0.493 e. The Morgan fingerprint density at radius 2 is 1.95 bits per heavy atom. The number of hydrogen-bond acceptors (Lipinski definition) is 3. The van der Waals surface area contributed by atoms with Crippen molar-refractivity contribution in [3.8, 4) is 5.75 Å². The molecule has 0 spiro atoms. The minimum absolute atomic E-state index is 0.211. The lowest BCUT2D eigenvalue weighted by Gasteiger charge is -2.30. The van der Waals surface area contributed by atoms with Crippen molar-refractivity contribution in [1.29, 1.82) is 0 Å². The van der Waals surface area contributed by atoms with E-state index in [0.717, 1.165) is 36.7 Å². The third-order valence-electron chi connectivity index (χ3n) is 4.26. The largest absolute Gasteiger partial charge is 0.493 e. The van der Waals surface area contributed by atoms with E-state index in [9.17, 15) is 5.11 Å². The van der Waals surface area contributed by atoms with Crippen molar-refractivity contribution < 1.29 is 9.84 Å². The Bertz CT molecular complexity index is 417. The van der Waals surface area contributed by atoms with E-state index in [4.69, 9.17) is 4.74 Å². The molecule has 0 amide bonds. The fraction of sp³-hybridized carbons (Fsp3) is 0.625. The Kier molecular flexibility index (Phi) is 4.04. The fourth-order valence-corrected chi connectivity index (χ4v) is 2.76. The molecule has 1 heterocycles. The van der Waals surface area contributed by atoms with E-state index in [-0.39, 0.29) is 12.0 Å². The van der Waals surface area contributed by atoms with Crippen LogP contribution in [0.3, 0.4) is 0 Å². The Hall–Kier alpha value is -1.06. The van der Waals surface area contributed by atoms with Gasteiger partial charge in [0.25, 0.3) is 0 Å². The second kappa shape index (κ2) is 5.93. The molecular formula is C16H23NO2. The summed E-state index contributed by atoms with van der Waals surface area (Å²) < 4.78 is 5.72. The number of aliphatic hydroxyl groups is 1. The van der Waals surface area contributed by atoms with Gasteiger partial charge in [0.1, 0.15) is 5.75 Å². The highest BCUT2D eigenvalue weighted by Gasteiger charge is 2.28. The van der Waals surface area contributed by atoms with E-state index >= 15 is 0 Å². The van der Waals surface area contributed by atoms with Crippen molar-refractivity contribution in [1.82, 2.24) is 5.32 Å². The molecular weight excluding hydrogens is 238 g/mol. The average molecular weight is 261 g/mol. The van der Waals surface area contributed by atoms with Crippen LogP contribution >= 0.6 is 0 Å². The summed E-state index contributed by atoms with van der Waals surface area (Å²) in [7, 11) is 0. The molecule has 104 valence electrons. The standard InChI is InChI=1S/C16H23NO2/c18-16-13(8-10-17-9-7-12-5-6-12)11-19-15-4-2-1-3-14(15)16/h1-4,12-13,16-18H,5-11H2. The van der Waals surface area contributed by atoms with Crippen molar-refractivity contribution in [3.05, 3.63) is 29.8 Å². The summed E-state index contributed by atoms with van der Waals surface area (Å²) in [6.07, 6.45) is 4.75. The van der Waals surface area contributed by atoms with Crippen molar-refractivity contribution in [2.75, 3.05) is 19.7 Å². The zero-order valence-electron chi connectivity index (χ0n) is 11.3. The molecule has 3 rings (SSSR count). The molecule has 1 aliphatic carbocycles. The quantitative estimate of drug-likeness (QED) is 0.773. The number of para-hydroxylation sites is 1. The van der Waals surface area contributed by atoms with E-state index in [1.807, 2.05) is 24.3 Å². The molecule has 2 N–H and O–H groups in total. The van der Waals surface area contributed by atoms with Gasteiger partial charge in [-0.15, -0.1) is 0 Å². The predicted octanol–water partition coefficient (Wildman–Crippen LogP) is 2.51. The summed E-state index contributed by atoms with van der Waals surface area (Å²) in [5.41, 5.74) is 0.941. The van der Waals surface area contributed by atoms with Crippen LogP contribution in [0.2, 0.25) is 0 Å². The zero-order chi connectivity index (χ0) is 13.1. The van der Waals surface area contributed by atoms with Gasteiger partial charge in [0.05, 0.1) is 12.7 Å². The molecule has 0 aromatic heterocycles. The van der Waals surface area contributed by atoms with Crippen LogP contribution in [0, 0.1) is 11.8 Å². The van der Waals surface area contributed by atoms with Gasteiger partial charge in [0, 0.05) is 11.5 Å². The van der Waals surface area contributed by atoms with Gasteiger partial charge >= 0.3 is 0 Å². The summed E-state index contributed by atoms with van der Waals surface area (Å²) in [4.78, 5) is 0. The van der Waals surface area contributed by atoms with E-state index < -0.39 is 0 Å². The first-order valence-corrected chi connectivity index (χ1v) is 7.45. The zero-order valence-corrected chi connectivity index (χ0v) is 11.3. The summed E-state index contributed by atoms with van der Waals surface area (Å²) >= 11 is 0.